The number of hydrogen-bond acceptors (Lipinski definition) is 3. The third-order valence-corrected chi connectivity index (χ3v) is 4.47. The molecule has 0 unspecified atom stereocenters. The molecule has 5 heteroatoms. The summed E-state index contributed by atoms with van der Waals surface area (Å²) in [7, 11) is 0. The number of carbonyl (C=O) groups excluding carboxylic acids is 1. The SMILES string of the molecule is Cc1oc(C)c(C(=O)N2CCC[C@H](c3cn[nH]c3)C2)c1C. The molecule has 21 heavy (non-hydrogen) atoms. The zero-order valence-corrected chi connectivity index (χ0v) is 12.8. The van der Waals surface area contributed by atoms with Gasteiger partial charge in [-0.05, 0) is 39.2 Å². The van der Waals surface area contributed by atoms with Gasteiger partial charge in [-0.1, -0.05) is 0 Å². The first-order valence-electron chi connectivity index (χ1n) is 7.42. The maximum atomic E-state index is 12.8. The molecule has 0 saturated carbocycles. The fourth-order valence-electron chi connectivity index (χ4n) is 3.18. The minimum absolute atomic E-state index is 0.0926. The molecule has 0 radical (unpaired) electrons. The first-order valence-corrected chi connectivity index (χ1v) is 7.42. The molecule has 2 aromatic heterocycles. The Morgan fingerprint density at radius 2 is 2.19 bits per heavy atom. The minimum atomic E-state index is 0.0926. The van der Waals surface area contributed by atoms with Crippen molar-refractivity contribution in [1.29, 1.82) is 0 Å². The molecule has 1 aliphatic heterocycles. The average Bonchev–Trinajstić information content (AvgIpc) is 3.08. The fourth-order valence-corrected chi connectivity index (χ4v) is 3.18. The van der Waals surface area contributed by atoms with Crippen LogP contribution in [-0.2, 0) is 0 Å². The van der Waals surface area contributed by atoms with E-state index >= 15 is 0 Å². The van der Waals surface area contributed by atoms with Gasteiger partial charge in [-0.15, -0.1) is 0 Å². The number of piperidine rings is 1. The van der Waals surface area contributed by atoms with E-state index in [1.807, 2.05) is 38.1 Å². The monoisotopic (exact) mass is 287 g/mol. The van der Waals surface area contributed by atoms with Gasteiger partial charge >= 0.3 is 0 Å². The number of aromatic amines is 1. The maximum Gasteiger partial charge on any atom is 0.257 e. The van der Waals surface area contributed by atoms with Crippen LogP contribution in [-0.4, -0.2) is 34.1 Å². The highest BCUT2D eigenvalue weighted by molar-refractivity contribution is 5.97. The van der Waals surface area contributed by atoms with E-state index in [0.29, 0.717) is 5.92 Å². The van der Waals surface area contributed by atoms with Gasteiger partial charge in [-0.25, -0.2) is 0 Å². The van der Waals surface area contributed by atoms with Crippen LogP contribution in [0.15, 0.2) is 16.8 Å². The highest BCUT2D eigenvalue weighted by atomic mass is 16.3. The van der Waals surface area contributed by atoms with Gasteiger partial charge in [-0.2, -0.15) is 5.10 Å². The lowest BCUT2D eigenvalue weighted by atomic mass is 9.92. The predicted molar refractivity (Wildman–Crippen MR) is 79.4 cm³/mol. The number of H-pyrrole nitrogens is 1. The van der Waals surface area contributed by atoms with Crippen LogP contribution in [0.5, 0.6) is 0 Å². The smallest absolute Gasteiger partial charge is 0.257 e. The number of hydrogen-bond donors (Lipinski definition) is 1. The molecule has 5 nitrogen and oxygen atoms in total. The van der Waals surface area contributed by atoms with Crippen LogP contribution < -0.4 is 0 Å². The second-order valence-corrected chi connectivity index (χ2v) is 5.84. The standard InChI is InChI=1S/C16H21N3O2/c1-10-11(2)21-12(3)15(10)16(20)19-6-4-5-13(9-19)14-7-17-18-8-14/h7-8,13H,4-6,9H2,1-3H3,(H,17,18)/t13-/m0/s1. The minimum Gasteiger partial charge on any atom is -0.466 e. The molecule has 1 aliphatic rings. The Morgan fingerprint density at radius 1 is 1.38 bits per heavy atom. The number of rotatable bonds is 2. The third-order valence-electron chi connectivity index (χ3n) is 4.47. The summed E-state index contributed by atoms with van der Waals surface area (Å²) in [4.78, 5) is 14.8. The summed E-state index contributed by atoms with van der Waals surface area (Å²) < 4.78 is 5.59. The first kappa shape index (κ1) is 13.9. The van der Waals surface area contributed by atoms with E-state index in [2.05, 4.69) is 10.2 Å². The largest absolute Gasteiger partial charge is 0.466 e. The first-order chi connectivity index (χ1) is 10.1. The molecule has 3 heterocycles. The summed E-state index contributed by atoms with van der Waals surface area (Å²) >= 11 is 0. The van der Waals surface area contributed by atoms with Crippen molar-refractivity contribution in [3.8, 4) is 0 Å². The number of nitrogens with one attached hydrogen (secondary N) is 1. The normalized spacial score (nSPS) is 19.0. The number of aromatic nitrogens is 2. The van der Waals surface area contributed by atoms with Crippen LogP contribution in [0.1, 0.15) is 51.8 Å². The van der Waals surface area contributed by atoms with Gasteiger partial charge in [0.2, 0.25) is 0 Å². The van der Waals surface area contributed by atoms with Crippen molar-refractivity contribution in [3.63, 3.8) is 0 Å². The summed E-state index contributed by atoms with van der Waals surface area (Å²) in [6, 6.07) is 0. The van der Waals surface area contributed by atoms with E-state index in [-0.39, 0.29) is 5.91 Å². The van der Waals surface area contributed by atoms with Crippen molar-refractivity contribution in [2.45, 2.75) is 39.5 Å². The Labute approximate surface area is 124 Å². The number of amides is 1. The number of likely N-dealkylation sites (tertiary alicyclic amines) is 1. The van der Waals surface area contributed by atoms with Gasteiger partial charge < -0.3 is 9.32 Å². The van der Waals surface area contributed by atoms with E-state index in [1.54, 1.807) is 0 Å². The molecule has 0 bridgehead atoms. The number of nitrogens with zero attached hydrogens (tertiary/aromatic N) is 2. The zero-order valence-electron chi connectivity index (χ0n) is 12.8. The molecule has 1 atom stereocenters. The highest BCUT2D eigenvalue weighted by Crippen LogP contribution is 2.29. The topological polar surface area (TPSA) is 62.1 Å². The second kappa shape index (κ2) is 5.39. The Kier molecular flexibility index (Phi) is 3.57. The predicted octanol–water partition coefficient (Wildman–Crippen LogP) is 2.95. The second-order valence-electron chi connectivity index (χ2n) is 5.84. The van der Waals surface area contributed by atoms with Gasteiger partial charge in [-0.3, -0.25) is 9.89 Å². The number of furan rings is 1. The third kappa shape index (κ3) is 2.48. The van der Waals surface area contributed by atoms with Crippen LogP contribution >= 0.6 is 0 Å². The molecule has 0 spiro atoms. The summed E-state index contributed by atoms with van der Waals surface area (Å²) in [6.07, 6.45) is 5.91. The van der Waals surface area contributed by atoms with Crippen LogP contribution in [0.3, 0.4) is 0 Å². The van der Waals surface area contributed by atoms with Crippen LogP contribution in [0.25, 0.3) is 0 Å². The maximum absolute atomic E-state index is 12.8. The highest BCUT2D eigenvalue weighted by Gasteiger charge is 2.29. The molecule has 1 saturated heterocycles. The molecular formula is C16H21N3O2. The Hall–Kier alpha value is -2.04. The summed E-state index contributed by atoms with van der Waals surface area (Å²) in [5.41, 5.74) is 2.88. The van der Waals surface area contributed by atoms with Gasteiger partial charge in [0.25, 0.3) is 5.91 Å². The molecular weight excluding hydrogens is 266 g/mol. The van der Waals surface area contributed by atoms with Crippen LogP contribution in [0.2, 0.25) is 0 Å². The quantitative estimate of drug-likeness (QED) is 0.923. The number of aryl methyl sites for hydroxylation is 2. The Morgan fingerprint density at radius 3 is 2.81 bits per heavy atom. The zero-order chi connectivity index (χ0) is 15.0. The molecule has 0 aliphatic carbocycles. The van der Waals surface area contributed by atoms with E-state index in [4.69, 9.17) is 4.42 Å². The van der Waals surface area contributed by atoms with Crippen molar-refractivity contribution in [1.82, 2.24) is 15.1 Å². The lowest BCUT2D eigenvalue weighted by molar-refractivity contribution is 0.0704. The molecule has 1 fully saturated rings. The Balaban J connectivity index is 1.81. The van der Waals surface area contributed by atoms with E-state index in [9.17, 15) is 4.79 Å². The number of carbonyl (C=O) groups is 1. The van der Waals surface area contributed by atoms with Crippen molar-refractivity contribution < 1.29 is 9.21 Å². The van der Waals surface area contributed by atoms with Crippen molar-refractivity contribution in [2.75, 3.05) is 13.1 Å². The van der Waals surface area contributed by atoms with E-state index < -0.39 is 0 Å². The molecule has 1 N–H and O–H groups in total. The summed E-state index contributed by atoms with van der Waals surface area (Å²) in [5, 5.41) is 6.87. The average molecular weight is 287 g/mol. The van der Waals surface area contributed by atoms with Gasteiger partial charge in [0.1, 0.15) is 11.5 Å². The molecule has 3 rings (SSSR count). The summed E-state index contributed by atoms with van der Waals surface area (Å²) in [5.74, 6) is 2.02. The van der Waals surface area contributed by atoms with Gasteiger partial charge in [0, 0.05) is 30.8 Å². The van der Waals surface area contributed by atoms with Crippen LogP contribution in [0.4, 0.5) is 0 Å². The fraction of sp³-hybridized carbons (Fsp3) is 0.500. The van der Waals surface area contributed by atoms with Gasteiger partial charge in [0.15, 0.2) is 0 Å². The van der Waals surface area contributed by atoms with E-state index in [0.717, 1.165) is 48.6 Å². The van der Waals surface area contributed by atoms with Crippen molar-refractivity contribution in [3.05, 3.63) is 40.6 Å². The van der Waals surface area contributed by atoms with Crippen LogP contribution in [0, 0.1) is 20.8 Å². The Bertz CT molecular complexity index is 643. The summed E-state index contributed by atoms with van der Waals surface area (Å²) in [6.45, 7) is 7.29. The molecule has 2 aromatic rings. The molecule has 112 valence electrons. The lowest BCUT2D eigenvalue weighted by Gasteiger charge is -2.32. The van der Waals surface area contributed by atoms with E-state index in [1.165, 1.54) is 5.56 Å². The van der Waals surface area contributed by atoms with Crippen molar-refractivity contribution in [2.24, 2.45) is 0 Å². The van der Waals surface area contributed by atoms with Gasteiger partial charge in [0.05, 0.1) is 11.8 Å². The molecule has 1 amide bonds. The molecule has 0 aromatic carbocycles. The lowest BCUT2D eigenvalue weighted by Crippen LogP contribution is -2.39. The van der Waals surface area contributed by atoms with Crippen molar-refractivity contribution >= 4 is 5.91 Å².